The zero-order valence-corrected chi connectivity index (χ0v) is 17.9. The summed E-state index contributed by atoms with van der Waals surface area (Å²) in [5, 5.41) is 0. The maximum Gasteiger partial charge on any atom is 0.338 e. The van der Waals surface area contributed by atoms with Crippen molar-refractivity contribution in [2.45, 2.75) is 26.8 Å². The van der Waals surface area contributed by atoms with Crippen LogP contribution in [0.5, 0.6) is 0 Å². The standard InChI is InChI=1S/C24H22N2O3S/c1-4-29-23(28)20-16(3)25-24-26(21(20)18-12-10-15(2)11-13-18)22(27)19(30-24)14-17-8-6-5-7-9-17/h5-14,21H,4H2,1-3H3/t21-/m1/s1. The van der Waals surface area contributed by atoms with Crippen LogP contribution >= 0.6 is 11.3 Å². The Kier molecular flexibility index (Phi) is 5.50. The molecule has 1 aliphatic heterocycles. The fourth-order valence-corrected chi connectivity index (χ4v) is 4.60. The van der Waals surface area contributed by atoms with E-state index in [-0.39, 0.29) is 12.2 Å². The molecule has 2 aromatic carbocycles. The fraction of sp³-hybridized carbons (Fsp3) is 0.208. The number of ether oxygens (including phenoxy) is 1. The smallest absolute Gasteiger partial charge is 0.338 e. The number of thiazole rings is 1. The minimum absolute atomic E-state index is 0.164. The van der Waals surface area contributed by atoms with Gasteiger partial charge in [-0.1, -0.05) is 71.5 Å². The Bertz CT molecular complexity index is 1300. The maximum absolute atomic E-state index is 13.4. The molecule has 1 atom stereocenters. The number of aryl methyl sites for hydroxylation is 1. The van der Waals surface area contributed by atoms with Crippen LogP contribution in [0.25, 0.3) is 6.08 Å². The molecule has 0 saturated carbocycles. The van der Waals surface area contributed by atoms with Crippen molar-refractivity contribution < 1.29 is 9.53 Å². The van der Waals surface area contributed by atoms with Crippen LogP contribution in [0.15, 0.2) is 75.7 Å². The molecule has 152 valence electrons. The quantitative estimate of drug-likeness (QED) is 0.612. The number of benzene rings is 2. The molecule has 5 nitrogen and oxygen atoms in total. The van der Waals surface area contributed by atoms with Gasteiger partial charge in [-0.25, -0.2) is 9.79 Å². The van der Waals surface area contributed by atoms with Crippen molar-refractivity contribution in [1.82, 2.24) is 4.57 Å². The molecule has 0 N–H and O–H groups in total. The third kappa shape index (κ3) is 3.66. The van der Waals surface area contributed by atoms with E-state index in [1.807, 2.05) is 67.6 Å². The molecule has 1 aromatic heterocycles. The van der Waals surface area contributed by atoms with E-state index in [4.69, 9.17) is 4.74 Å². The van der Waals surface area contributed by atoms with Crippen molar-refractivity contribution in [3.8, 4) is 0 Å². The number of allylic oxidation sites excluding steroid dienone is 1. The highest BCUT2D eigenvalue weighted by molar-refractivity contribution is 7.07. The van der Waals surface area contributed by atoms with Crippen molar-refractivity contribution in [3.05, 3.63) is 102 Å². The van der Waals surface area contributed by atoms with Gasteiger partial charge in [0.25, 0.3) is 5.56 Å². The summed E-state index contributed by atoms with van der Waals surface area (Å²) in [4.78, 5) is 31.4. The zero-order chi connectivity index (χ0) is 21.3. The molecule has 0 unspecified atom stereocenters. The third-order valence-electron chi connectivity index (χ3n) is 5.01. The number of rotatable bonds is 4. The Balaban J connectivity index is 1.96. The molecule has 0 radical (unpaired) electrons. The molecule has 0 spiro atoms. The van der Waals surface area contributed by atoms with E-state index in [2.05, 4.69) is 4.99 Å². The average molecular weight is 419 g/mol. The van der Waals surface area contributed by atoms with Crippen molar-refractivity contribution in [2.24, 2.45) is 4.99 Å². The number of hydrogen-bond acceptors (Lipinski definition) is 5. The molecular formula is C24H22N2O3S. The van der Waals surface area contributed by atoms with Gasteiger partial charge in [0.05, 0.1) is 28.5 Å². The molecule has 0 bridgehead atoms. The van der Waals surface area contributed by atoms with Crippen LogP contribution in [-0.4, -0.2) is 17.1 Å². The number of fused-ring (bicyclic) bond motifs is 1. The van der Waals surface area contributed by atoms with E-state index >= 15 is 0 Å². The van der Waals surface area contributed by atoms with Crippen LogP contribution in [-0.2, 0) is 9.53 Å². The van der Waals surface area contributed by atoms with Crippen LogP contribution in [0, 0.1) is 6.92 Å². The molecule has 0 saturated heterocycles. The predicted molar refractivity (Wildman–Crippen MR) is 118 cm³/mol. The number of esters is 1. The topological polar surface area (TPSA) is 60.7 Å². The Labute approximate surface area is 178 Å². The van der Waals surface area contributed by atoms with Gasteiger partial charge in [0.1, 0.15) is 0 Å². The van der Waals surface area contributed by atoms with Crippen LogP contribution in [0.2, 0.25) is 0 Å². The second kappa shape index (κ2) is 8.24. The summed E-state index contributed by atoms with van der Waals surface area (Å²) in [5.41, 5.74) is 3.71. The van der Waals surface area contributed by atoms with Gasteiger partial charge in [-0.3, -0.25) is 9.36 Å². The number of carbonyl (C=O) groups excluding carboxylic acids is 1. The monoisotopic (exact) mass is 418 g/mol. The van der Waals surface area contributed by atoms with E-state index in [1.165, 1.54) is 11.3 Å². The van der Waals surface area contributed by atoms with E-state index in [0.29, 0.717) is 20.6 Å². The van der Waals surface area contributed by atoms with Gasteiger partial charge in [0, 0.05) is 0 Å². The highest BCUT2D eigenvalue weighted by atomic mass is 32.1. The number of hydrogen-bond donors (Lipinski definition) is 0. The molecule has 0 aliphatic carbocycles. The molecule has 4 rings (SSSR count). The molecule has 2 heterocycles. The van der Waals surface area contributed by atoms with Crippen LogP contribution in [0.1, 0.15) is 36.6 Å². The summed E-state index contributed by atoms with van der Waals surface area (Å²) < 4.78 is 7.50. The SMILES string of the molecule is CCOC(=O)C1=C(C)N=c2sc(=Cc3ccccc3)c(=O)n2[C@@H]1c1ccc(C)cc1. The molecule has 1 aliphatic rings. The highest BCUT2D eigenvalue weighted by Gasteiger charge is 2.33. The number of aromatic nitrogens is 1. The second-order valence-electron chi connectivity index (χ2n) is 7.12. The van der Waals surface area contributed by atoms with Gasteiger partial charge in [-0.05, 0) is 38.0 Å². The van der Waals surface area contributed by atoms with Gasteiger partial charge < -0.3 is 4.74 Å². The minimum atomic E-state index is -0.571. The Hall–Kier alpha value is -3.25. The number of carbonyl (C=O) groups is 1. The van der Waals surface area contributed by atoms with Gasteiger partial charge >= 0.3 is 5.97 Å². The van der Waals surface area contributed by atoms with E-state index in [1.54, 1.807) is 18.4 Å². The Morgan fingerprint density at radius 2 is 1.83 bits per heavy atom. The first kappa shape index (κ1) is 20.0. The minimum Gasteiger partial charge on any atom is -0.463 e. The first-order chi connectivity index (χ1) is 14.5. The van der Waals surface area contributed by atoms with Gasteiger partial charge in [0.2, 0.25) is 0 Å². The van der Waals surface area contributed by atoms with E-state index in [9.17, 15) is 9.59 Å². The molecule has 0 fully saturated rings. The molecule has 30 heavy (non-hydrogen) atoms. The van der Waals surface area contributed by atoms with Crippen molar-refractivity contribution in [3.63, 3.8) is 0 Å². The first-order valence-electron chi connectivity index (χ1n) is 9.81. The summed E-state index contributed by atoms with van der Waals surface area (Å²) in [6.07, 6.45) is 1.86. The van der Waals surface area contributed by atoms with Crippen molar-refractivity contribution in [1.29, 1.82) is 0 Å². The van der Waals surface area contributed by atoms with Gasteiger partial charge in [-0.2, -0.15) is 0 Å². The van der Waals surface area contributed by atoms with Gasteiger partial charge in [0.15, 0.2) is 4.80 Å². The van der Waals surface area contributed by atoms with Crippen molar-refractivity contribution >= 4 is 23.4 Å². The average Bonchev–Trinajstić information content (AvgIpc) is 3.03. The highest BCUT2D eigenvalue weighted by Crippen LogP contribution is 2.30. The summed E-state index contributed by atoms with van der Waals surface area (Å²) >= 11 is 1.33. The second-order valence-corrected chi connectivity index (χ2v) is 8.13. The lowest BCUT2D eigenvalue weighted by molar-refractivity contribution is -0.139. The van der Waals surface area contributed by atoms with E-state index in [0.717, 1.165) is 16.7 Å². The molecule has 3 aromatic rings. The van der Waals surface area contributed by atoms with Gasteiger partial charge in [-0.15, -0.1) is 0 Å². The normalized spacial score (nSPS) is 16.2. The number of nitrogens with zero attached hydrogens (tertiary/aromatic N) is 2. The summed E-state index contributed by atoms with van der Waals surface area (Å²) in [6, 6.07) is 17.0. The van der Waals surface area contributed by atoms with E-state index < -0.39 is 12.0 Å². The largest absolute Gasteiger partial charge is 0.463 e. The fourth-order valence-electron chi connectivity index (χ4n) is 3.56. The lowest BCUT2D eigenvalue weighted by Gasteiger charge is -2.24. The predicted octanol–water partition coefficient (Wildman–Crippen LogP) is 3.11. The molecule has 6 heteroatoms. The maximum atomic E-state index is 13.4. The van der Waals surface area contributed by atoms with Crippen LogP contribution in [0.4, 0.5) is 0 Å². The Morgan fingerprint density at radius 1 is 1.13 bits per heavy atom. The molecular weight excluding hydrogens is 396 g/mol. The summed E-state index contributed by atoms with van der Waals surface area (Å²) in [7, 11) is 0. The first-order valence-corrected chi connectivity index (χ1v) is 10.6. The molecule has 0 amide bonds. The van der Waals surface area contributed by atoms with Crippen molar-refractivity contribution in [2.75, 3.05) is 6.61 Å². The lowest BCUT2D eigenvalue weighted by Crippen LogP contribution is -2.39. The third-order valence-corrected chi connectivity index (χ3v) is 5.99. The van der Waals surface area contributed by atoms with Crippen LogP contribution < -0.4 is 14.9 Å². The van der Waals surface area contributed by atoms with Crippen LogP contribution in [0.3, 0.4) is 0 Å². The Morgan fingerprint density at radius 3 is 2.50 bits per heavy atom. The lowest BCUT2D eigenvalue weighted by atomic mass is 9.95. The zero-order valence-electron chi connectivity index (χ0n) is 17.1. The summed E-state index contributed by atoms with van der Waals surface area (Å²) in [6.45, 7) is 5.82. The summed E-state index contributed by atoms with van der Waals surface area (Å²) in [5.74, 6) is -0.443.